The standard InChI is InChI=1S/C10H16O/c11-10(8-9-4-5-9)6-2-1-3-7-10/h2,6,9,11H,1,3-5,7-8H2. The molecule has 0 saturated heterocycles. The van der Waals surface area contributed by atoms with Gasteiger partial charge in [-0.2, -0.15) is 0 Å². The van der Waals surface area contributed by atoms with Gasteiger partial charge in [0, 0.05) is 0 Å². The van der Waals surface area contributed by atoms with Crippen molar-refractivity contribution in [1.82, 2.24) is 0 Å². The van der Waals surface area contributed by atoms with Crippen LogP contribution in [-0.2, 0) is 0 Å². The second kappa shape index (κ2) is 2.63. The molecule has 0 heterocycles. The molecule has 0 bridgehead atoms. The minimum Gasteiger partial charge on any atom is -0.386 e. The molecule has 0 aromatic heterocycles. The van der Waals surface area contributed by atoms with E-state index in [0.717, 1.165) is 25.2 Å². The van der Waals surface area contributed by atoms with Crippen LogP contribution in [0, 0.1) is 5.92 Å². The van der Waals surface area contributed by atoms with Crippen molar-refractivity contribution in [1.29, 1.82) is 0 Å². The lowest BCUT2D eigenvalue weighted by molar-refractivity contribution is 0.0599. The Morgan fingerprint density at radius 2 is 2.27 bits per heavy atom. The van der Waals surface area contributed by atoms with Crippen LogP contribution in [0.3, 0.4) is 0 Å². The number of aliphatic hydroxyl groups is 1. The molecule has 2 rings (SSSR count). The molecular weight excluding hydrogens is 136 g/mol. The van der Waals surface area contributed by atoms with Crippen LogP contribution in [0.25, 0.3) is 0 Å². The average Bonchev–Trinajstić information content (AvgIpc) is 2.72. The number of rotatable bonds is 2. The molecule has 1 heteroatoms. The average molecular weight is 152 g/mol. The SMILES string of the molecule is OC1(CC2CC2)C=CCCC1. The third kappa shape index (κ3) is 1.84. The van der Waals surface area contributed by atoms with Crippen LogP contribution in [-0.4, -0.2) is 10.7 Å². The lowest BCUT2D eigenvalue weighted by Crippen LogP contribution is -2.28. The highest BCUT2D eigenvalue weighted by Gasteiger charge is 2.33. The van der Waals surface area contributed by atoms with Crippen molar-refractivity contribution in [2.75, 3.05) is 0 Å². The van der Waals surface area contributed by atoms with Crippen molar-refractivity contribution in [3.05, 3.63) is 12.2 Å². The van der Waals surface area contributed by atoms with Gasteiger partial charge in [0.25, 0.3) is 0 Å². The second-order valence-electron chi connectivity index (χ2n) is 4.05. The second-order valence-corrected chi connectivity index (χ2v) is 4.05. The molecule has 11 heavy (non-hydrogen) atoms. The molecule has 62 valence electrons. The van der Waals surface area contributed by atoms with E-state index in [4.69, 9.17) is 0 Å². The fourth-order valence-electron chi connectivity index (χ4n) is 1.90. The number of allylic oxidation sites excluding steroid dienone is 1. The molecule has 0 spiro atoms. The largest absolute Gasteiger partial charge is 0.386 e. The summed E-state index contributed by atoms with van der Waals surface area (Å²) in [5.74, 6) is 0.836. The Balaban J connectivity index is 1.94. The Hall–Kier alpha value is -0.300. The normalized spacial score (nSPS) is 37.5. The smallest absolute Gasteiger partial charge is 0.0830 e. The number of hydrogen-bond acceptors (Lipinski definition) is 1. The van der Waals surface area contributed by atoms with Gasteiger partial charge in [0.2, 0.25) is 0 Å². The fourth-order valence-corrected chi connectivity index (χ4v) is 1.90. The highest BCUT2D eigenvalue weighted by Crippen LogP contribution is 2.40. The first-order valence-corrected chi connectivity index (χ1v) is 4.69. The maximum Gasteiger partial charge on any atom is 0.0830 e. The van der Waals surface area contributed by atoms with Gasteiger partial charge in [-0.15, -0.1) is 0 Å². The molecule has 2 aliphatic rings. The molecule has 0 aromatic rings. The van der Waals surface area contributed by atoms with Gasteiger partial charge >= 0.3 is 0 Å². The van der Waals surface area contributed by atoms with Gasteiger partial charge in [-0.25, -0.2) is 0 Å². The van der Waals surface area contributed by atoms with Gasteiger partial charge in [0.15, 0.2) is 0 Å². The van der Waals surface area contributed by atoms with Crippen LogP contribution in [0.1, 0.15) is 38.5 Å². The summed E-state index contributed by atoms with van der Waals surface area (Å²) in [5.41, 5.74) is -0.417. The first-order valence-electron chi connectivity index (χ1n) is 4.69. The zero-order chi connectivity index (χ0) is 7.73. The van der Waals surface area contributed by atoms with Crippen LogP contribution in [0.2, 0.25) is 0 Å². The quantitative estimate of drug-likeness (QED) is 0.602. The van der Waals surface area contributed by atoms with Gasteiger partial charge < -0.3 is 5.11 Å². The predicted octanol–water partition coefficient (Wildman–Crippen LogP) is 2.26. The van der Waals surface area contributed by atoms with Crippen LogP contribution in [0.5, 0.6) is 0 Å². The maximum absolute atomic E-state index is 9.99. The zero-order valence-electron chi connectivity index (χ0n) is 6.92. The van der Waals surface area contributed by atoms with E-state index in [1.807, 2.05) is 6.08 Å². The summed E-state index contributed by atoms with van der Waals surface area (Å²) in [4.78, 5) is 0. The highest BCUT2D eigenvalue weighted by molar-refractivity contribution is 5.06. The molecule has 1 saturated carbocycles. The molecule has 1 fully saturated rings. The van der Waals surface area contributed by atoms with E-state index in [2.05, 4.69) is 6.08 Å². The van der Waals surface area contributed by atoms with Crippen LogP contribution in [0.4, 0.5) is 0 Å². The van der Waals surface area contributed by atoms with E-state index in [-0.39, 0.29) is 0 Å². The molecule has 0 aromatic carbocycles. The molecule has 0 aliphatic heterocycles. The molecule has 1 N–H and O–H groups in total. The molecule has 2 aliphatic carbocycles. The lowest BCUT2D eigenvalue weighted by atomic mass is 9.86. The van der Waals surface area contributed by atoms with Crippen LogP contribution in [0.15, 0.2) is 12.2 Å². The summed E-state index contributed by atoms with van der Waals surface area (Å²) in [5, 5.41) is 9.99. The number of hydrogen-bond donors (Lipinski definition) is 1. The Kier molecular flexibility index (Phi) is 1.76. The lowest BCUT2D eigenvalue weighted by Gasteiger charge is -2.27. The minimum absolute atomic E-state index is 0.417. The summed E-state index contributed by atoms with van der Waals surface area (Å²) in [6.07, 6.45) is 11.2. The predicted molar refractivity (Wildman–Crippen MR) is 45.3 cm³/mol. The molecular formula is C10H16O. The van der Waals surface area contributed by atoms with Gasteiger partial charge in [0.1, 0.15) is 0 Å². The zero-order valence-corrected chi connectivity index (χ0v) is 6.92. The van der Waals surface area contributed by atoms with E-state index in [1.54, 1.807) is 0 Å². The molecule has 0 amide bonds. The van der Waals surface area contributed by atoms with Gasteiger partial charge in [-0.3, -0.25) is 0 Å². The minimum atomic E-state index is -0.417. The van der Waals surface area contributed by atoms with Crippen LogP contribution >= 0.6 is 0 Å². The third-order valence-corrected chi connectivity index (χ3v) is 2.75. The first kappa shape index (κ1) is 7.35. The monoisotopic (exact) mass is 152 g/mol. The first-order chi connectivity index (χ1) is 5.29. The molecule has 1 unspecified atom stereocenters. The van der Waals surface area contributed by atoms with E-state index >= 15 is 0 Å². The highest BCUT2D eigenvalue weighted by atomic mass is 16.3. The van der Waals surface area contributed by atoms with Crippen molar-refractivity contribution < 1.29 is 5.11 Å². The topological polar surface area (TPSA) is 20.2 Å². The summed E-state index contributed by atoms with van der Waals surface area (Å²) in [7, 11) is 0. The summed E-state index contributed by atoms with van der Waals surface area (Å²) in [6, 6.07) is 0. The van der Waals surface area contributed by atoms with E-state index < -0.39 is 5.60 Å². The Morgan fingerprint density at radius 3 is 2.82 bits per heavy atom. The van der Waals surface area contributed by atoms with E-state index in [0.29, 0.717) is 0 Å². The van der Waals surface area contributed by atoms with Gasteiger partial charge in [-0.05, 0) is 31.6 Å². The molecule has 1 atom stereocenters. The third-order valence-electron chi connectivity index (χ3n) is 2.75. The van der Waals surface area contributed by atoms with Crippen molar-refractivity contribution >= 4 is 0 Å². The van der Waals surface area contributed by atoms with Crippen LogP contribution < -0.4 is 0 Å². The Morgan fingerprint density at radius 1 is 1.45 bits per heavy atom. The van der Waals surface area contributed by atoms with E-state index in [9.17, 15) is 5.11 Å². The van der Waals surface area contributed by atoms with Crippen molar-refractivity contribution in [3.63, 3.8) is 0 Å². The Labute approximate surface area is 68.1 Å². The molecule has 1 nitrogen and oxygen atoms in total. The van der Waals surface area contributed by atoms with Crippen molar-refractivity contribution in [3.8, 4) is 0 Å². The van der Waals surface area contributed by atoms with E-state index in [1.165, 1.54) is 19.3 Å². The summed E-state index contributed by atoms with van der Waals surface area (Å²) < 4.78 is 0. The van der Waals surface area contributed by atoms with Gasteiger partial charge in [0.05, 0.1) is 5.60 Å². The fraction of sp³-hybridized carbons (Fsp3) is 0.800. The summed E-state index contributed by atoms with van der Waals surface area (Å²) >= 11 is 0. The summed E-state index contributed by atoms with van der Waals surface area (Å²) in [6.45, 7) is 0. The van der Waals surface area contributed by atoms with Crippen molar-refractivity contribution in [2.45, 2.75) is 44.1 Å². The van der Waals surface area contributed by atoms with Gasteiger partial charge in [-0.1, -0.05) is 25.0 Å². The molecule has 0 radical (unpaired) electrons. The van der Waals surface area contributed by atoms with Crippen molar-refractivity contribution in [2.24, 2.45) is 5.92 Å². The maximum atomic E-state index is 9.99. The Bertz CT molecular complexity index is 170.